The van der Waals surface area contributed by atoms with Crippen LogP contribution >= 0.6 is 11.6 Å². The molecule has 1 aromatic rings. The zero-order valence-corrected chi connectivity index (χ0v) is 9.64. The number of halogens is 2. The Hall–Kier alpha value is -0.860. The third-order valence-corrected chi connectivity index (χ3v) is 2.59. The minimum Gasteiger partial charge on any atom is -0.369 e. The molecule has 1 aromatic carbocycles. The van der Waals surface area contributed by atoms with E-state index in [0.29, 0.717) is 10.6 Å². The van der Waals surface area contributed by atoms with Crippen molar-refractivity contribution in [1.82, 2.24) is 0 Å². The SMILES string of the molecule is C=C(C)[C@@H](C)OCc1c(F)cccc1Cl. The van der Waals surface area contributed by atoms with Crippen molar-refractivity contribution >= 4 is 11.6 Å². The van der Waals surface area contributed by atoms with Gasteiger partial charge in [-0.25, -0.2) is 4.39 Å². The van der Waals surface area contributed by atoms with Gasteiger partial charge in [0.05, 0.1) is 12.7 Å². The fraction of sp³-hybridized carbons (Fsp3) is 0.333. The van der Waals surface area contributed by atoms with Gasteiger partial charge in [-0.15, -0.1) is 0 Å². The maximum Gasteiger partial charge on any atom is 0.130 e. The van der Waals surface area contributed by atoms with Crippen LogP contribution in [0.2, 0.25) is 5.02 Å². The van der Waals surface area contributed by atoms with Crippen LogP contribution in [0.5, 0.6) is 0 Å². The maximum absolute atomic E-state index is 13.3. The third kappa shape index (κ3) is 3.33. The largest absolute Gasteiger partial charge is 0.369 e. The van der Waals surface area contributed by atoms with Crippen molar-refractivity contribution in [3.8, 4) is 0 Å². The summed E-state index contributed by atoms with van der Waals surface area (Å²) in [6.45, 7) is 7.67. The van der Waals surface area contributed by atoms with Gasteiger partial charge in [-0.1, -0.05) is 29.8 Å². The Morgan fingerprint density at radius 2 is 2.27 bits per heavy atom. The van der Waals surface area contributed by atoms with E-state index in [-0.39, 0.29) is 18.5 Å². The molecule has 1 nitrogen and oxygen atoms in total. The lowest BCUT2D eigenvalue weighted by Gasteiger charge is -2.13. The van der Waals surface area contributed by atoms with Gasteiger partial charge < -0.3 is 4.74 Å². The van der Waals surface area contributed by atoms with E-state index in [9.17, 15) is 4.39 Å². The minimum atomic E-state index is -0.337. The Labute approximate surface area is 94.5 Å². The summed E-state index contributed by atoms with van der Waals surface area (Å²) in [7, 11) is 0. The van der Waals surface area contributed by atoms with Crippen LogP contribution < -0.4 is 0 Å². The standard InChI is InChI=1S/C12H14ClFO/c1-8(2)9(3)15-7-10-11(13)5-4-6-12(10)14/h4-6,9H,1,7H2,2-3H3/t9-/m1/s1. The summed E-state index contributed by atoms with van der Waals surface area (Å²) >= 11 is 5.85. The average Bonchev–Trinajstić information content (AvgIpc) is 2.16. The molecule has 82 valence electrons. The maximum atomic E-state index is 13.3. The van der Waals surface area contributed by atoms with E-state index < -0.39 is 0 Å². The van der Waals surface area contributed by atoms with E-state index in [2.05, 4.69) is 6.58 Å². The number of benzene rings is 1. The van der Waals surface area contributed by atoms with Crippen LogP contribution in [0.3, 0.4) is 0 Å². The number of hydrogen-bond acceptors (Lipinski definition) is 1. The highest BCUT2D eigenvalue weighted by molar-refractivity contribution is 6.31. The predicted molar refractivity (Wildman–Crippen MR) is 60.5 cm³/mol. The lowest BCUT2D eigenvalue weighted by molar-refractivity contribution is 0.0750. The molecule has 0 unspecified atom stereocenters. The zero-order valence-electron chi connectivity index (χ0n) is 8.89. The zero-order chi connectivity index (χ0) is 11.4. The Morgan fingerprint density at radius 1 is 1.60 bits per heavy atom. The Bertz CT molecular complexity index is 342. The van der Waals surface area contributed by atoms with Gasteiger partial charge in [0.25, 0.3) is 0 Å². The van der Waals surface area contributed by atoms with Gasteiger partial charge in [0.2, 0.25) is 0 Å². The Morgan fingerprint density at radius 3 is 2.80 bits per heavy atom. The number of hydrogen-bond donors (Lipinski definition) is 0. The van der Waals surface area contributed by atoms with Gasteiger partial charge in [-0.2, -0.15) is 0 Å². The molecule has 0 aliphatic carbocycles. The molecule has 0 fully saturated rings. The lowest BCUT2D eigenvalue weighted by Crippen LogP contribution is -2.09. The van der Waals surface area contributed by atoms with Crippen molar-refractivity contribution in [3.05, 3.63) is 46.8 Å². The van der Waals surface area contributed by atoms with E-state index in [1.54, 1.807) is 12.1 Å². The second-order valence-corrected chi connectivity index (χ2v) is 3.91. The molecule has 0 radical (unpaired) electrons. The van der Waals surface area contributed by atoms with Crippen LogP contribution in [-0.2, 0) is 11.3 Å². The summed E-state index contributed by atoms with van der Waals surface area (Å²) in [5.41, 5.74) is 1.30. The minimum absolute atomic E-state index is 0.0966. The van der Waals surface area contributed by atoms with Crippen LogP contribution in [0.4, 0.5) is 4.39 Å². The molecule has 0 amide bonds. The topological polar surface area (TPSA) is 9.23 Å². The highest BCUT2D eigenvalue weighted by atomic mass is 35.5. The second kappa shape index (κ2) is 5.29. The van der Waals surface area contributed by atoms with E-state index in [0.717, 1.165) is 5.57 Å². The molecular weight excluding hydrogens is 215 g/mol. The van der Waals surface area contributed by atoms with Crippen LogP contribution in [0.25, 0.3) is 0 Å². The van der Waals surface area contributed by atoms with Gasteiger partial charge >= 0.3 is 0 Å². The monoisotopic (exact) mass is 228 g/mol. The van der Waals surface area contributed by atoms with Gasteiger partial charge in [-0.3, -0.25) is 0 Å². The van der Waals surface area contributed by atoms with Gasteiger partial charge in [-0.05, 0) is 26.0 Å². The van der Waals surface area contributed by atoms with E-state index in [1.807, 2.05) is 13.8 Å². The summed E-state index contributed by atoms with van der Waals surface area (Å²) in [6.07, 6.45) is -0.0966. The third-order valence-electron chi connectivity index (χ3n) is 2.23. The predicted octanol–water partition coefficient (Wildman–Crippen LogP) is 3.96. The lowest BCUT2D eigenvalue weighted by atomic mass is 10.2. The molecule has 0 aromatic heterocycles. The first-order valence-corrected chi connectivity index (χ1v) is 5.10. The number of rotatable bonds is 4. The molecule has 0 bridgehead atoms. The summed E-state index contributed by atoms with van der Waals surface area (Å²) in [5, 5.41) is 0.393. The van der Waals surface area contributed by atoms with Crippen molar-refractivity contribution in [2.45, 2.75) is 26.6 Å². The highest BCUT2D eigenvalue weighted by Gasteiger charge is 2.09. The summed E-state index contributed by atoms with van der Waals surface area (Å²) in [6, 6.07) is 4.59. The second-order valence-electron chi connectivity index (χ2n) is 3.50. The van der Waals surface area contributed by atoms with Crippen molar-refractivity contribution in [1.29, 1.82) is 0 Å². The van der Waals surface area contributed by atoms with Crippen molar-refractivity contribution in [2.24, 2.45) is 0 Å². The molecule has 0 saturated heterocycles. The normalized spacial score (nSPS) is 12.5. The first kappa shape index (κ1) is 12.2. The van der Waals surface area contributed by atoms with Gasteiger partial charge in [0, 0.05) is 10.6 Å². The van der Waals surface area contributed by atoms with Gasteiger partial charge in [0.1, 0.15) is 5.82 Å². The molecule has 0 saturated carbocycles. The molecule has 3 heteroatoms. The summed E-state index contributed by atoms with van der Waals surface area (Å²) < 4.78 is 18.7. The van der Waals surface area contributed by atoms with Crippen LogP contribution in [0.1, 0.15) is 19.4 Å². The molecule has 0 aliphatic rings. The quantitative estimate of drug-likeness (QED) is 0.709. The fourth-order valence-electron chi connectivity index (χ4n) is 1.02. The van der Waals surface area contributed by atoms with E-state index >= 15 is 0 Å². The average molecular weight is 229 g/mol. The summed E-state index contributed by atoms with van der Waals surface area (Å²) in [5.74, 6) is -0.337. The fourth-order valence-corrected chi connectivity index (χ4v) is 1.24. The molecule has 15 heavy (non-hydrogen) atoms. The van der Waals surface area contributed by atoms with E-state index in [4.69, 9.17) is 16.3 Å². The van der Waals surface area contributed by atoms with Crippen molar-refractivity contribution in [2.75, 3.05) is 0 Å². The molecular formula is C12H14ClFO. The molecule has 0 spiro atoms. The van der Waals surface area contributed by atoms with Crippen LogP contribution in [0.15, 0.2) is 30.4 Å². The Balaban J connectivity index is 2.69. The summed E-state index contributed by atoms with van der Waals surface area (Å²) in [4.78, 5) is 0. The molecule has 0 N–H and O–H groups in total. The highest BCUT2D eigenvalue weighted by Crippen LogP contribution is 2.20. The van der Waals surface area contributed by atoms with Crippen LogP contribution in [-0.4, -0.2) is 6.10 Å². The van der Waals surface area contributed by atoms with E-state index in [1.165, 1.54) is 6.07 Å². The molecule has 1 atom stereocenters. The molecule has 0 heterocycles. The van der Waals surface area contributed by atoms with Gasteiger partial charge in [0.15, 0.2) is 0 Å². The first-order valence-electron chi connectivity index (χ1n) is 4.72. The van der Waals surface area contributed by atoms with Crippen LogP contribution in [0, 0.1) is 5.82 Å². The molecule has 1 rings (SSSR count). The molecule has 0 aliphatic heterocycles. The van der Waals surface area contributed by atoms with Crippen molar-refractivity contribution < 1.29 is 9.13 Å². The van der Waals surface area contributed by atoms with Crippen molar-refractivity contribution in [3.63, 3.8) is 0 Å². The first-order chi connectivity index (χ1) is 7.02. The number of ether oxygens (including phenoxy) is 1. The smallest absolute Gasteiger partial charge is 0.130 e. The Kier molecular flexibility index (Phi) is 4.30.